The van der Waals surface area contributed by atoms with Gasteiger partial charge in [0.25, 0.3) is 17.4 Å². The Labute approximate surface area is 177 Å². The lowest BCUT2D eigenvalue weighted by atomic mass is 10.2. The number of rotatable bonds is 3. The number of halogens is 1. The zero-order valence-corrected chi connectivity index (χ0v) is 16.6. The Morgan fingerprint density at radius 1 is 0.806 bits per heavy atom. The van der Waals surface area contributed by atoms with E-state index in [1.54, 1.807) is 34.3 Å². The molecule has 2 aromatic heterocycles. The van der Waals surface area contributed by atoms with E-state index in [4.69, 9.17) is 0 Å². The van der Waals surface area contributed by atoms with Crippen molar-refractivity contribution >= 4 is 11.8 Å². The van der Waals surface area contributed by atoms with Crippen LogP contribution in [0.3, 0.4) is 0 Å². The highest BCUT2D eigenvalue weighted by atomic mass is 19.1. The maximum atomic E-state index is 13.2. The van der Waals surface area contributed by atoms with E-state index in [-0.39, 0.29) is 17.5 Å². The van der Waals surface area contributed by atoms with Crippen molar-refractivity contribution in [3.8, 4) is 5.69 Å². The van der Waals surface area contributed by atoms with Gasteiger partial charge in [0, 0.05) is 50.2 Å². The third-order valence-corrected chi connectivity index (χ3v) is 5.09. The maximum Gasteiger partial charge on any atom is 0.274 e. The fourth-order valence-corrected chi connectivity index (χ4v) is 3.46. The number of aromatic nitrogens is 3. The molecule has 1 aliphatic heterocycles. The number of nitrogens with zero attached hydrogens (tertiary/aromatic N) is 5. The van der Waals surface area contributed by atoms with E-state index in [2.05, 4.69) is 10.1 Å². The number of carbonyl (C=O) groups is 2. The Kier molecular flexibility index (Phi) is 5.83. The van der Waals surface area contributed by atoms with E-state index in [1.165, 1.54) is 36.4 Å². The molecule has 0 N–H and O–H groups in total. The van der Waals surface area contributed by atoms with Gasteiger partial charge < -0.3 is 9.80 Å². The number of pyridine rings is 1. The summed E-state index contributed by atoms with van der Waals surface area (Å²) < 4.78 is 14.3. The van der Waals surface area contributed by atoms with Crippen LogP contribution in [0.5, 0.6) is 0 Å². The van der Waals surface area contributed by atoms with Crippen LogP contribution in [0.4, 0.5) is 4.39 Å². The summed E-state index contributed by atoms with van der Waals surface area (Å²) in [5, 5.41) is 4.18. The molecule has 1 saturated heterocycles. The number of amides is 2. The Morgan fingerprint density at radius 3 is 2.13 bits per heavy atom. The molecule has 158 valence electrons. The molecule has 0 bridgehead atoms. The van der Waals surface area contributed by atoms with Gasteiger partial charge in [0.2, 0.25) is 0 Å². The van der Waals surface area contributed by atoms with Crippen LogP contribution < -0.4 is 5.56 Å². The van der Waals surface area contributed by atoms with Gasteiger partial charge in [-0.25, -0.2) is 4.39 Å². The molecule has 1 aromatic carbocycles. The lowest BCUT2D eigenvalue weighted by molar-refractivity contribution is 0.0714. The van der Waals surface area contributed by atoms with Crippen LogP contribution in [0.2, 0.25) is 0 Å². The minimum atomic E-state index is -0.431. The van der Waals surface area contributed by atoms with Crippen LogP contribution >= 0.6 is 0 Å². The van der Waals surface area contributed by atoms with Gasteiger partial charge in [-0.2, -0.15) is 9.78 Å². The number of hydrogen-bond donors (Lipinski definition) is 0. The van der Waals surface area contributed by atoms with Crippen molar-refractivity contribution in [3.63, 3.8) is 0 Å². The molecule has 4 rings (SSSR count). The quantitative estimate of drug-likeness (QED) is 0.643. The smallest absolute Gasteiger partial charge is 0.274 e. The molecule has 0 unspecified atom stereocenters. The largest absolute Gasteiger partial charge is 0.337 e. The third kappa shape index (κ3) is 4.50. The van der Waals surface area contributed by atoms with E-state index in [0.717, 1.165) is 4.68 Å². The summed E-state index contributed by atoms with van der Waals surface area (Å²) in [5.74, 6) is -0.854. The number of benzene rings is 1. The topological polar surface area (TPSA) is 88.4 Å². The Morgan fingerprint density at radius 2 is 1.45 bits per heavy atom. The van der Waals surface area contributed by atoms with Crippen molar-refractivity contribution in [3.05, 3.63) is 88.4 Å². The van der Waals surface area contributed by atoms with Crippen LogP contribution in [0.15, 0.2) is 65.7 Å². The van der Waals surface area contributed by atoms with Crippen molar-refractivity contribution in [2.24, 2.45) is 0 Å². The van der Waals surface area contributed by atoms with Gasteiger partial charge in [-0.3, -0.25) is 19.4 Å². The lowest BCUT2D eigenvalue weighted by Crippen LogP contribution is -2.38. The van der Waals surface area contributed by atoms with Crippen molar-refractivity contribution in [1.82, 2.24) is 24.6 Å². The van der Waals surface area contributed by atoms with Crippen molar-refractivity contribution in [2.75, 3.05) is 26.2 Å². The van der Waals surface area contributed by atoms with Gasteiger partial charge >= 0.3 is 0 Å². The van der Waals surface area contributed by atoms with Crippen LogP contribution in [-0.4, -0.2) is 62.6 Å². The Balaban J connectivity index is 1.50. The summed E-state index contributed by atoms with van der Waals surface area (Å²) in [4.78, 5) is 45.2. The second kappa shape index (κ2) is 8.86. The van der Waals surface area contributed by atoms with Gasteiger partial charge in [-0.1, -0.05) is 0 Å². The van der Waals surface area contributed by atoms with Crippen LogP contribution in [0.25, 0.3) is 5.69 Å². The monoisotopic (exact) mass is 421 g/mol. The van der Waals surface area contributed by atoms with Gasteiger partial charge in [-0.15, -0.1) is 0 Å². The summed E-state index contributed by atoms with van der Waals surface area (Å²) in [5.41, 5.74) is 0.611. The molecule has 3 aromatic rings. The van der Waals surface area contributed by atoms with Crippen molar-refractivity contribution in [1.29, 1.82) is 0 Å². The summed E-state index contributed by atoms with van der Waals surface area (Å²) >= 11 is 0. The summed E-state index contributed by atoms with van der Waals surface area (Å²) in [6, 6.07) is 11.3. The van der Waals surface area contributed by atoms with Gasteiger partial charge in [0.1, 0.15) is 11.5 Å². The van der Waals surface area contributed by atoms with Crippen LogP contribution in [0, 0.1) is 5.82 Å². The predicted molar refractivity (Wildman–Crippen MR) is 110 cm³/mol. The van der Waals surface area contributed by atoms with Crippen LogP contribution in [-0.2, 0) is 0 Å². The molecule has 2 amide bonds. The van der Waals surface area contributed by atoms with Gasteiger partial charge in [0.05, 0.1) is 5.69 Å². The second-order valence-corrected chi connectivity index (χ2v) is 7.12. The van der Waals surface area contributed by atoms with E-state index in [9.17, 15) is 18.8 Å². The van der Waals surface area contributed by atoms with E-state index in [0.29, 0.717) is 43.9 Å². The summed E-state index contributed by atoms with van der Waals surface area (Å²) in [6.45, 7) is 1.75. The summed E-state index contributed by atoms with van der Waals surface area (Å²) in [7, 11) is 0. The average Bonchev–Trinajstić information content (AvgIpc) is 3.06. The molecule has 0 spiro atoms. The van der Waals surface area contributed by atoms with E-state index in [1.807, 2.05) is 0 Å². The maximum absolute atomic E-state index is 13.2. The predicted octanol–water partition coefficient (Wildman–Crippen LogP) is 1.75. The third-order valence-electron chi connectivity index (χ3n) is 5.09. The highest BCUT2D eigenvalue weighted by Crippen LogP contribution is 2.12. The minimum Gasteiger partial charge on any atom is -0.337 e. The Bertz CT molecular complexity index is 1150. The normalized spacial score (nSPS) is 14.2. The van der Waals surface area contributed by atoms with Gasteiger partial charge in [-0.05, 0) is 48.9 Å². The fraction of sp³-hybridized carbons (Fsp3) is 0.227. The fourth-order valence-electron chi connectivity index (χ4n) is 3.46. The molecule has 0 radical (unpaired) electrons. The first-order valence-electron chi connectivity index (χ1n) is 9.88. The zero-order chi connectivity index (χ0) is 21.8. The molecule has 1 aliphatic rings. The summed E-state index contributed by atoms with van der Waals surface area (Å²) in [6.07, 6.45) is 3.77. The van der Waals surface area contributed by atoms with Crippen LogP contribution in [0.1, 0.15) is 27.3 Å². The van der Waals surface area contributed by atoms with Crippen molar-refractivity contribution in [2.45, 2.75) is 6.42 Å². The first-order valence-corrected chi connectivity index (χ1v) is 9.88. The molecule has 1 fully saturated rings. The van der Waals surface area contributed by atoms with E-state index < -0.39 is 11.4 Å². The molecular formula is C22H20FN5O3. The van der Waals surface area contributed by atoms with E-state index >= 15 is 0 Å². The second-order valence-electron chi connectivity index (χ2n) is 7.12. The highest BCUT2D eigenvalue weighted by Gasteiger charge is 2.24. The van der Waals surface area contributed by atoms with Gasteiger partial charge in [0.15, 0.2) is 0 Å². The average molecular weight is 421 g/mol. The molecule has 0 saturated carbocycles. The first kappa shape index (κ1) is 20.4. The minimum absolute atomic E-state index is 0.0975. The molecule has 0 aliphatic carbocycles. The molecule has 9 heteroatoms. The zero-order valence-electron chi connectivity index (χ0n) is 16.6. The molecule has 3 heterocycles. The highest BCUT2D eigenvalue weighted by molar-refractivity contribution is 5.94. The number of hydrogen-bond acceptors (Lipinski definition) is 5. The number of carbonyl (C=O) groups excluding carboxylic acids is 2. The molecule has 31 heavy (non-hydrogen) atoms. The Hall–Kier alpha value is -3.88. The first-order chi connectivity index (χ1) is 15.0. The lowest BCUT2D eigenvalue weighted by Gasteiger charge is -2.22. The van der Waals surface area contributed by atoms with Crippen molar-refractivity contribution < 1.29 is 14.0 Å². The standard InChI is InChI=1S/C22H20FN5O3/c23-17-2-4-18(5-3-17)28-20(29)7-6-19(25-28)22(31)27-13-1-12-26(14-15-27)21(30)16-8-10-24-11-9-16/h2-11H,1,12-15H2. The molecule has 0 atom stereocenters. The SMILES string of the molecule is O=C(c1ccncc1)N1CCCN(C(=O)c2ccc(=O)n(-c3ccc(F)cc3)n2)CC1. The molecular weight excluding hydrogens is 401 g/mol. The molecule has 8 nitrogen and oxygen atoms in total.